The summed E-state index contributed by atoms with van der Waals surface area (Å²) in [7, 11) is 0. The molecule has 0 saturated heterocycles. The van der Waals surface area contributed by atoms with Crippen LogP contribution in [-0.2, 0) is 14.3 Å². The van der Waals surface area contributed by atoms with Gasteiger partial charge in [0.15, 0.2) is 11.9 Å². The number of hydrogen-bond acceptors (Lipinski definition) is 4. The van der Waals surface area contributed by atoms with Gasteiger partial charge in [-0.2, -0.15) is 0 Å². The molecular weight excluding hydrogens is 435 g/mol. The number of aliphatic carboxylic acids is 1. The number of carbonyl (C=O) groups is 2. The number of rotatable bonds is 6. The normalized spacial score (nSPS) is 12.0. The molecule has 128 valence electrons. The van der Waals surface area contributed by atoms with Gasteiger partial charge in [-0.15, -0.1) is 0 Å². The van der Waals surface area contributed by atoms with E-state index in [1.54, 1.807) is 0 Å². The fourth-order valence-electron chi connectivity index (χ4n) is 2.46. The summed E-state index contributed by atoms with van der Waals surface area (Å²) < 4.78 is 12.4. The lowest BCUT2D eigenvalue weighted by atomic mass is 10.1. The van der Waals surface area contributed by atoms with Crippen LogP contribution >= 0.6 is 22.6 Å². The first-order chi connectivity index (χ1) is 12.0. The van der Waals surface area contributed by atoms with Gasteiger partial charge in [0.25, 0.3) is 0 Å². The van der Waals surface area contributed by atoms with E-state index in [0.717, 1.165) is 14.5 Å². The summed E-state index contributed by atoms with van der Waals surface area (Å²) in [6.07, 6.45) is -1.17. The van der Waals surface area contributed by atoms with Gasteiger partial charge in [0.05, 0.1) is 12.8 Å². The Morgan fingerprint density at radius 2 is 1.80 bits per heavy atom. The van der Waals surface area contributed by atoms with Crippen molar-refractivity contribution in [2.24, 2.45) is 0 Å². The molecule has 1 N–H and O–H groups in total. The Morgan fingerprint density at radius 3 is 2.48 bits per heavy atom. The van der Waals surface area contributed by atoms with Crippen LogP contribution in [0.5, 0.6) is 0 Å². The molecule has 0 bridgehead atoms. The fourth-order valence-corrected chi connectivity index (χ4v) is 2.82. The predicted octanol–water partition coefficient (Wildman–Crippen LogP) is 4.53. The van der Waals surface area contributed by atoms with Crippen molar-refractivity contribution in [1.29, 1.82) is 0 Å². The number of ether oxygens (including phenoxy) is 1. The minimum absolute atomic E-state index is 0.184. The number of furan rings is 1. The maximum absolute atomic E-state index is 12.1. The number of carbonyl (C=O) groups excluding carboxylic acids is 1. The third-order valence-corrected chi connectivity index (χ3v) is 4.39. The van der Waals surface area contributed by atoms with E-state index >= 15 is 0 Å². The Balaban J connectivity index is 1.92. The number of esters is 1. The first-order valence-electron chi connectivity index (χ1n) is 7.68. The van der Waals surface area contributed by atoms with Gasteiger partial charge < -0.3 is 14.3 Å². The molecule has 0 aliphatic heterocycles. The van der Waals surface area contributed by atoms with Crippen molar-refractivity contribution in [3.05, 3.63) is 69.5 Å². The minimum atomic E-state index is -1.04. The van der Waals surface area contributed by atoms with Crippen molar-refractivity contribution >= 4 is 45.5 Å². The minimum Gasteiger partial charge on any atom is -0.481 e. The van der Waals surface area contributed by atoms with Gasteiger partial charge in [-0.1, -0.05) is 30.3 Å². The summed E-state index contributed by atoms with van der Waals surface area (Å²) in [5, 5.41) is 9.64. The van der Waals surface area contributed by atoms with Gasteiger partial charge >= 0.3 is 11.9 Å². The highest BCUT2D eigenvalue weighted by atomic mass is 127. The molecular formula is C19H15IO5. The maximum atomic E-state index is 12.1. The van der Waals surface area contributed by atoms with Gasteiger partial charge in [-0.3, -0.25) is 9.59 Å². The number of carboxylic acid groups (broad SMARTS) is 1. The summed E-state index contributed by atoms with van der Waals surface area (Å²) >= 11 is 2.20. The van der Waals surface area contributed by atoms with Crippen LogP contribution in [0, 0.1) is 3.57 Å². The lowest BCUT2D eigenvalue weighted by molar-refractivity contribution is -0.151. The number of para-hydroxylation sites is 1. The molecule has 0 saturated carbocycles. The van der Waals surface area contributed by atoms with Crippen molar-refractivity contribution in [2.45, 2.75) is 18.9 Å². The molecule has 1 aromatic heterocycles. The third-order valence-electron chi connectivity index (χ3n) is 3.67. The average molecular weight is 450 g/mol. The molecule has 3 rings (SSSR count). The van der Waals surface area contributed by atoms with Crippen molar-refractivity contribution in [2.75, 3.05) is 0 Å². The Morgan fingerprint density at radius 1 is 1.08 bits per heavy atom. The zero-order valence-corrected chi connectivity index (χ0v) is 15.3. The van der Waals surface area contributed by atoms with Crippen LogP contribution in [-0.4, -0.2) is 17.0 Å². The summed E-state index contributed by atoms with van der Waals surface area (Å²) in [6.45, 7) is 0. The molecule has 0 aliphatic rings. The summed E-state index contributed by atoms with van der Waals surface area (Å²) in [5.74, 6) is -1.11. The summed E-state index contributed by atoms with van der Waals surface area (Å²) in [6, 6.07) is 16.9. The predicted molar refractivity (Wildman–Crippen MR) is 100 cm³/mol. The Labute approximate surface area is 157 Å². The van der Waals surface area contributed by atoms with Crippen molar-refractivity contribution < 1.29 is 23.8 Å². The van der Waals surface area contributed by atoms with E-state index in [2.05, 4.69) is 22.6 Å². The molecule has 6 heteroatoms. The maximum Gasteiger partial charge on any atom is 0.307 e. The van der Waals surface area contributed by atoms with E-state index in [1.165, 1.54) is 0 Å². The monoisotopic (exact) mass is 450 g/mol. The smallest absolute Gasteiger partial charge is 0.307 e. The molecule has 0 aliphatic carbocycles. The number of fused-ring (bicyclic) bond motifs is 1. The average Bonchev–Trinajstić information content (AvgIpc) is 3.02. The molecule has 0 fully saturated rings. The van der Waals surface area contributed by atoms with E-state index in [1.807, 2.05) is 54.6 Å². The molecule has 2 aromatic carbocycles. The SMILES string of the molecule is O=C(O)CCC(=O)OC(c1ccc(I)cc1)c1cc2ccccc2o1. The van der Waals surface area contributed by atoms with Crippen LogP contribution in [0.3, 0.4) is 0 Å². The van der Waals surface area contributed by atoms with Gasteiger partial charge in [-0.05, 0) is 46.9 Å². The molecule has 5 nitrogen and oxygen atoms in total. The van der Waals surface area contributed by atoms with E-state index in [4.69, 9.17) is 14.3 Å². The van der Waals surface area contributed by atoms with Gasteiger partial charge in [-0.25, -0.2) is 0 Å². The first-order valence-corrected chi connectivity index (χ1v) is 8.76. The van der Waals surface area contributed by atoms with Crippen LogP contribution in [0.4, 0.5) is 0 Å². The highest BCUT2D eigenvalue weighted by Gasteiger charge is 2.23. The highest BCUT2D eigenvalue weighted by molar-refractivity contribution is 14.1. The molecule has 1 atom stereocenters. The standard InChI is InChI=1S/C19H15IO5/c20-14-7-5-12(6-8-14)19(25-18(23)10-9-17(21)22)16-11-13-3-1-2-4-15(13)24-16/h1-8,11,19H,9-10H2,(H,21,22). The third kappa shape index (κ3) is 4.39. The van der Waals surface area contributed by atoms with Gasteiger partial charge in [0, 0.05) is 14.5 Å². The van der Waals surface area contributed by atoms with Crippen molar-refractivity contribution in [3.8, 4) is 0 Å². The Kier molecular flexibility index (Phi) is 5.37. The van der Waals surface area contributed by atoms with Crippen LogP contribution in [0.25, 0.3) is 11.0 Å². The molecule has 3 aromatic rings. The molecule has 0 amide bonds. The second-order valence-electron chi connectivity index (χ2n) is 5.50. The van der Waals surface area contributed by atoms with Gasteiger partial charge in [0.1, 0.15) is 5.58 Å². The summed E-state index contributed by atoms with van der Waals surface area (Å²) in [5.41, 5.74) is 1.47. The van der Waals surface area contributed by atoms with Crippen molar-refractivity contribution in [1.82, 2.24) is 0 Å². The second kappa shape index (κ2) is 7.69. The van der Waals surface area contributed by atoms with E-state index in [-0.39, 0.29) is 12.8 Å². The molecule has 25 heavy (non-hydrogen) atoms. The quantitative estimate of drug-likeness (QED) is 0.441. The second-order valence-corrected chi connectivity index (χ2v) is 6.75. The molecule has 1 unspecified atom stereocenters. The molecule has 0 radical (unpaired) electrons. The fraction of sp³-hybridized carbons (Fsp3) is 0.158. The lowest BCUT2D eigenvalue weighted by Gasteiger charge is -2.16. The zero-order valence-electron chi connectivity index (χ0n) is 13.1. The van der Waals surface area contributed by atoms with Crippen LogP contribution in [0.1, 0.15) is 30.3 Å². The van der Waals surface area contributed by atoms with E-state index in [0.29, 0.717) is 11.3 Å². The van der Waals surface area contributed by atoms with Crippen LogP contribution in [0.15, 0.2) is 59.0 Å². The van der Waals surface area contributed by atoms with Crippen LogP contribution < -0.4 is 0 Å². The molecule has 0 spiro atoms. The van der Waals surface area contributed by atoms with Crippen molar-refractivity contribution in [3.63, 3.8) is 0 Å². The molecule has 1 heterocycles. The Bertz CT molecular complexity index is 865. The Hall–Kier alpha value is -2.35. The number of benzene rings is 2. The topological polar surface area (TPSA) is 76.7 Å². The zero-order chi connectivity index (χ0) is 17.8. The lowest BCUT2D eigenvalue weighted by Crippen LogP contribution is -2.13. The summed E-state index contributed by atoms with van der Waals surface area (Å²) in [4.78, 5) is 22.7. The first kappa shape index (κ1) is 17.5. The van der Waals surface area contributed by atoms with E-state index in [9.17, 15) is 9.59 Å². The number of hydrogen-bond donors (Lipinski definition) is 1. The largest absolute Gasteiger partial charge is 0.481 e. The van der Waals surface area contributed by atoms with Gasteiger partial charge in [0.2, 0.25) is 0 Å². The highest BCUT2D eigenvalue weighted by Crippen LogP contribution is 2.31. The number of carboxylic acids is 1. The van der Waals surface area contributed by atoms with Crippen LogP contribution in [0.2, 0.25) is 0 Å². The number of halogens is 1. The van der Waals surface area contributed by atoms with E-state index < -0.39 is 18.0 Å².